The average Bonchev–Trinajstić information content (AvgIpc) is 3.02. The zero-order chi connectivity index (χ0) is 15.7. The van der Waals surface area contributed by atoms with E-state index in [2.05, 4.69) is 5.32 Å². The Balaban J connectivity index is 1.72. The van der Waals surface area contributed by atoms with Crippen molar-refractivity contribution < 1.29 is 17.9 Å². The first kappa shape index (κ1) is 14.9. The summed E-state index contributed by atoms with van der Waals surface area (Å²) in [5.74, 6) is 0.779. The molecule has 0 bridgehead atoms. The highest BCUT2D eigenvalue weighted by Crippen LogP contribution is 2.26. The molecule has 1 aliphatic rings. The fraction of sp³-hybridized carbons (Fsp3) is 0.400. The largest absolute Gasteiger partial charge is 0.496 e. The summed E-state index contributed by atoms with van der Waals surface area (Å²) < 4.78 is 30.0. The van der Waals surface area contributed by atoms with Gasteiger partial charge < -0.3 is 14.6 Å². The minimum absolute atomic E-state index is 0.0407. The van der Waals surface area contributed by atoms with Crippen molar-refractivity contribution >= 4 is 26.6 Å². The van der Waals surface area contributed by atoms with Crippen molar-refractivity contribution in [3.05, 3.63) is 30.5 Å². The fourth-order valence-corrected chi connectivity index (χ4v) is 4.52. The van der Waals surface area contributed by atoms with E-state index in [-0.39, 0.29) is 30.0 Å². The lowest BCUT2D eigenvalue weighted by Crippen LogP contribution is -2.37. The number of ether oxygens (including phenoxy) is 1. The monoisotopic (exact) mass is 322 g/mol. The Hall–Kier alpha value is -2.02. The molecule has 7 heteroatoms. The van der Waals surface area contributed by atoms with Gasteiger partial charge in [-0.3, -0.25) is 4.79 Å². The normalized spacial score (nSPS) is 20.1. The highest BCUT2D eigenvalue weighted by atomic mass is 32.2. The first-order valence-electron chi connectivity index (χ1n) is 7.10. The van der Waals surface area contributed by atoms with E-state index in [4.69, 9.17) is 4.74 Å². The summed E-state index contributed by atoms with van der Waals surface area (Å²) in [6.07, 6.45) is 2.33. The van der Waals surface area contributed by atoms with Crippen molar-refractivity contribution in [2.45, 2.75) is 19.0 Å². The summed E-state index contributed by atoms with van der Waals surface area (Å²) in [4.78, 5) is 12.1. The van der Waals surface area contributed by atoms with Gasteiger partial charge in [-0.2, -0.15) is 0 Å². The van der Waals surface area contributed by atoms with Gasteiger partial charge in [0.25, 0.3) is 0 Å². The second-order valence-electron chi connectivity index (χ2n) is 5.50. The predicted octanol–water partition coefficient (Wildman–Crippen LogP) is 0.953. The maximum atomic E-state index is 12.1. The van der Waals surface area contributed by atoms with Crippen LogP contribution in [0.2, 0.25) is 0 Å². The molecule has 0 radical (unpaired) electrons. The van der Waals surface area contributed by atoms with Gasteiger partial charge in [0.1, 0.15) is 12.3 Å². The first-order chi connectivity index (χ1) is 10.5. The molecule has 2 aromatic rings. The summed E-state index contributed by atoms with van der Waals surface area (Å²) >= 11 is 0. The lowest BCUT2D eigenvalue weighted by molar-refractivity contribution is -0.122. The molecule has 1 fully saturated rings. The molecular formula is C15H18N2O4S. The van der Waals surface area contributed by atoms with Gasteiger partial charge >= 0.3 is 0 Å². The van der Waals surface area contributed by atoms with Crippen molar-refractivity contribution in [2.24, 2.45) is 0 Å². The van der Waals surface area contributed by atoms with Gasteiger partial charge in [-0.1, -0.05) is 6.07 Å². The van der Waals surface area contributed by atoms with Gasteiger partial charge in [0.2, 0.25) is 5.91 Å². The van der Waals surface area contributed by atoms with Crippen LogP contribution < -0.4 is 10.1 Å². The van der Waals surface area contributed by atoms with Gasteiger partial charge in [0, 0.05) is 17.6 Å². The van der Waals surface area contributed by atoms with Crippen LogP contribution in [0.15, 0.2) is 30.5 Å². The van der Waals surface area contributed by atoms with E-state index in [9.17, 15) is 13.2 Å². The van der Waals surface area contributed by atoms with Gasteiger partial charge in [-0.25, -0.2) is 8.42 Å². The predicted molar refractivity (Wildman–Crippen MR) is 83.7 cm³/mol. The number of hydrogen-bond acceptors (Lipinski definition) is 4. The zero-order valence-electron chi connectivity index (χ0n) is 12.3. The highest BCUT2D eigenvalue weighted by Gasteiger charge is 2.28. The number of aromatic nitrogens is 1. The molecule has 1 aromatic heterocycles. The van der Waals surface area contributed by atoms with E-state index < -0.39 is 9.84 Å². The minimum Gasteiger partial charge on any atom is -0.496 e. The Bertz CT molecular complexity index is 810. The second kappa shape index (κ2) is 5.64. The molecule has 1 saturated heterocycles. The second-order valence-corrected chi connectivity index (χ2v) is 7.73. The zero-order valence-corrected chi connectivity index (χ0v) is 13.1. The third kappa shape index (κ3) is 2.94. The van der Waals surface area contributed by atoms with E-state index in [0.29, 0.717) is 6.42 Å². The van der Waals surface area contributed by atoms with Crippen molar-refractivity contribution in [3.63, 3.8) is 0 Å². The van der Waals surface area contributed by atoms with E-state index in [0.717, 1.165) is 16.7 Å². The summed E-state index contributed by atoms with van der Waals surface area (Å²) in [5, 5.41) is 3.74. The number of hydrogen-bond donors (Lipinski definition) is 1. The lowest BCUT2D eigenvalue weighted by atomic mass is 10.2. The number of amides is 1. The Morgan fingerprint density at radius 2 is 2.23 bits per heavy atom. The van der Waals surface area contributed by atoms with Gasteiger partial charge in [-0.15, -0.1) is 0 Å². The molecule has 6 nitrogen and oxygen atoms in total. The molecule has 1 N–H and O–H groups in total. The Morgan fingerprint density at radius 3 is 2.91 bits per heavy atom. The summed E-state index contributed by atoms with van der Waals surface area (Å²) in [5.41, 5.74) is 0.911. The number of benzene rings is 1. The van der Waals surface area contributed by atoms with Crippen molar-refractivity contribution in [2.75, 3.05) is 18.6 Å². The molecule has 2 heterocycles. The Labute approximate surface area is 129 Å². The smallest absolute Gasteiger partial charge is 0.240 e. The van der Waals surface area contributed by atoms with Crippen LogP contribution >= 0.6 is 0 Å². The van der Waals surface area contributed by atoms with E-state index in [1.165, 1.54) is 0 Å². The maximum Gasteiger partial charge on any atom is 0.240 e. The third-order valence-corrected chi connectivity index (χ3v) is 5.67. The molecule has 1 aromatic carbocycles. The number of nitrogens with zero attached hydrogens (tertiary/aromatic N) is 1. The van der Waals surface area contributed by atoms with Crippen LogP contribution in [-0.2, 0) is 21.2 Å². The summed E-state index contributed by atoms with van der Waals surface area (Å²) in [6, 6.07) is 7.30. The molecule has 0 aliphatic carbocycles. The van der Waals surface area contributed by atoms with Crippen LogP contribution in [0, 0.1) is 0 Å². The van der Waals surface area contributed by atoms with Crippen LogP contribution in [0.25, 0.3) is 10.9 Å². The topological polar surface area (TPSA) is 77.4 Å². The molecule has 118 valence electrons. The van der Waals surface area contributed by atoms with Crippen molar-refractivity contribution in [1.29, 1.82) is 0 Å². The van der Waals surface area contributed by atoms with E-state index in [1.54, 1.807) is 7.11 Å². The van der Waals surface area contributed by atoms with Gasteiger partial charge in [-0.05, 0) is 24.6 Å². The first-order valence-corrected chi connectivity index (χ1v) is 8.92. The number of fused-ring (bicyclic) bond motifs is 1. The molecule has 3 rings (SSSR count). The number of carbonyl (C=O) groups is 1. The standard InChI is InChI=1S/C15H18N2O4S/c1-21-14-4-2-3-13-12(14)5-7-17(13)9-15(18)16-11-6-8-22(19,20)10-11/h2-5,7,11H,6,8-10H2,1H3,(H,16,18)/t11-/m1/s1. The van der Waals surface area contributed by atoms with Crippen molar-refractivity contribution in [3.8, 4) is 5.75 Å². The molecule has 1 atom stereocenters. The van der Waals surface area contributed by atoms with Crippen molar-refractivity contribution in [1.82, 2.24) is 9.88 Å². The van der Waals surface area contributed by atoms with Crippen LogP contribution in [-0.4, -0.2) is 43.5 Å². The number of carbonyl (C=O) groups excluding carboxylic acids is 1. The molecule has 1 amide bonds. The fourth-order valence-electron chi connectivity index (χ4n) is 2.85. The third-order valence-electron chi connectivity index (χ3n) is 3.91. The Morgan fingerprint density at radius 1 is 1.41 bits per heavy atom. The summed E-state index contributed by atoms with van der Waals surface area (Å²) in [6.45, 7) is 0.160. The average molecular weight is 322 g/mol. The highest BCUT2D eigenvalue weighted by molar-refractivity contribution is 7.91. The van der Waals surface area contributed by atoms with Gasteiger partial charge in [0.15, 0.2) is 9.84 Å². The molecule has 0 spiro atoms. The van der Waals surface area contributed by atoms with Crippen LogP contribution in [0.3, 0.4) is 0 Å². The van der Waals surface area contributed by atoms with Gasteiger partial charge in [0.05, 0.1) is 24.1 Å². The van der Waals surface area contributed by atoms with Crippen LogP contribution in [0.5, 0.6) is 5.75 Å². The number of methoxy groups -OCH3 is 1. The summed E-state index contributed by atoms with van der Waals surface area (Å²) in [7, 11) is -1.37. The molecule has 1 aliphatic heterocycles. The van der Waals surface area contributed by atoms with E-state index in [1.807, 2.05) is 35.0 Å². The molecule has 0 unspecified atom stereocenters. The maximum absolute atomic E-state index is 12.1. The van der Waals surface area contributed by atoms with Crippen LogP contribution in [0.4, 0.5) is 0 Å². The lowest BCUT2D eigenvalue weighted by Gasteiger charge is -2.12. The minimum atomic E-state index is -2.98. The molecule has 22 heavy (non-hydrogen) atoms. The SMILES string of the molecule is COc1cccc2c1ccn2CC(=O)N[C@@H]1CCS(=O)(=O)C1. The Kier molecular flexibility index (Phi) is 3.82. The number of nitrogens with one attached hydrogen (secondary N) is 1. The van der Waals surface area contributed by atoms with Crippen LogP contribution in [0.1, 0.15) is 6.42 Å². The molecular weight excluding hydrogens is 304 g/mol. The number of sulfone groups is 1. The quantitative estimate of drug-likeness (QED) is 0.909. The van der Waals surface area contributed by atoms with E-state index >= 15 is 0 Å². The molecule has 0 saturated carbocycles. The number of rotatable bonds is 4.